The number of hydrogen-bond donors (Lipinski definition) is 3. The molecule has 0 bridgehead atoms. The van der Waals surface area contributed by atoms with Crippen molar-refractivity contribution in [2.75, 3.05) is 49.6 Å². The first-order chi connectivity index (χ1) is 28.1. The number of rotatable bonds is 12. The summed E-state index contributed by atoms with van der Waals surface area (Å²) in [5.74, 6) is -0.247. The van der Waals surface area contributed by atoms with E-state index in [0.29, 0.717) is 50.7 Å². The van der Waals surface area contributed by atoms with Crippen molar-refractivity contribution >= 4 is 55.5 Å². The Morgan fingerprint density at radius 2 is 1.83 bits per heavy atom. The Kier molecular flexibility index (Phi) is 11.1. The summed E-state index contributed by atoms with van der Waals surface area (Å²) in [6.45, 7) is 3.45. The van der Waals surface area contributed by atoms with Crippen LogP contribution in [-0.4, -0.2) is 85.5 Å². The van der Waals surface area contributed by atoms with Gasteiger partial charge in [0, 0.05) is 62.7 Å². The smallest absolute Gasteiger partial charge is 0.293 e. The van der Waals surface area contributed by atoms with E-state index in [9.17, 15) is 28.1 Å². The van der Waals surface area contributed by atoms with Crippen molar-refractivity contribution in [3.63, 3.8) is 0 Å². The molecule has 16 heteroatoms. The van der Waals surface area contributed by atoms with Gasteiger partial charge in [0.2, 0.25) is 5.91 Å². The van der Waals surface area contributed by atoms with E-state index in [1.807, 2.05) is 47.4 Å². The van der Waals surface area contributed by atoms with Gasteiger partial charge in [-0.15, -0.1) is 0 Å². The number of aromatic amines is 1. The van der Waals surface area contributed by atoms with E-state index in [1.165, 1.54) is 24.4 Å². The van der Waals surface area contributed by atoms with Gasteiger partial charge in [-0.25, -0.2) is 18.1 Å². The second kappa shape index (κ2) is 16.7. The second-order valence-electron chi connectivity index (χ2n) is 14.7. The number of sulfonamides is 1. The number of aromatic nitrogens is 2. The maximum atomic E-state index is 13.8. The number of carbonyl (C=O) groups excluding carboxylic acids is 2. The molecule has 3 aromatic carbocycles. The Morgan fingerprint density at radius 3 is 2.60 bits per heavy atom. The van der Waals surface area contributed by atoms with Gasteiger partial charge in [-0.2, -0.15) is 0 Å². The number of hydrogen-bond acceptors (Lipinski definition) is 11. The summed E-state index contributed by atoms with van der Waals surface area (Å²) < 4.78 is 40.9. The van der Waals surface area contributed by atoms with Crippen molar-refractivity contribution in [3.8, 4) is 11.5 Å². The molecular weight excluding hydrogens is 763 g/mol. The van der Waals surface area contributed by atoms with E-state index in [2.05, 4.69) is 24.9 Å². The molecule has 0 saturated carbocycles. The molecule has 3 aliphatic rings. The quantitative estimate of drug-likeness (QED) is 0.0922. The van der Waals surface area contributed by atoms with Crippen molar-refractivity contribution in [1.82, 2.24) is 19.6 Å². The lowest BCUT2D eigenvalue weighted by Crippen LogP contribution is -2.47. The number of amides is 2. The van der Waals surface area contributed by atoms with Gasteiger partial charge in [-0.05, 0) is 97.7 Å². The standard InChI is InChI=1S/C42H43N7O8S/c50-41(46-58(54,55)34-9-11-36(38(25-34)49(52)53)44-26-28-15-21-56-22-16-28)35-10-8-30(24-39(35)57-33-23-31-12-17-43-40(31)45-27-33)29-13-19-47(20-14-29)42(51)37-7-4-18-48(37)32-5-2-1-3-6-32/h1-3,5-6,8-13,17,23-25,27-28,37,44H,4,7,14-16,18-22,26H2,(H,43,45)(H,46,50). The zero-order chi connectivity index (χ0) is 40.2. The molecule has 8 rings (SSSR count). The molecule has 58 heavy (non-hydrogen) atoms. The fourth-order valence-corrected chi connectivity index (χ4v) is 8.80. The molecule has 2 saturated heterocycles. The summed E-state index contributed by atoms with van der Waals surface area (Å²) in [5.41, 5.74) is 3.02. The van der Waals surface area contributed by atoms with Gasteiger partial charge in [0.05, 0.1) is 21.6 Å². The van der Waals surface area contributed by atoms with Crippen molar-refractivity contribution < 1.29 is 32.4 Å². The lowest BCUT2D eigenvalue weighted by molar-refractivity contribution is -0.384. The molecule has 2 fully saturated rings. The highest BCUT2D eigenvalue weighted by atomic mass is 32.2. The largest absolute Gasteiger partial charge is 0.455 e. The fraction of sp³-hybridized carbons (Fsp3) is 0.310. The van der Waals surface area contributed by atoms with Crippen LogP contribution >= 0.6 is 0 Å². The first kappa shape index (κ1) is 38.6. The monoisotopic (exact) mass is 805 g/mol. The number of H-pyrrole nitrogens is 1. The first-order valence-electron chi connectivity index (χ1n) is 19.3. The molecule has 1 unspecified atom stereocenters. The van der Waals surface area contributed by atoms with Crippen LogP contribution in [0.4, 0.5) is 17.1 Å². The highest BCUT2D eigenvalue weighted by Gasteiger charge is 2.34. The predicted molar refractivity (Wildman–Crippen MR) is 218 cm³/mol. The summed E-state index contributed by atoms with van der Waals surface area (Å²) in [5, 5.41) is 15.9. The van der Waals surface area contributed by atoms with Gasteiger partial charge in [0.15, 0.2) is 0 Å². The number of para-hydroxylation sites is 1. The van der Waals surface area contributed by atoms with E-state index in [1.54, 1.807) is 24.4 Å². The Balaban J connectivity index is 1.02. The molecule has 300 valence electrons. The third-order valence-corrected chi connectivity index (χ3v) is 12.3. The Labute approximate surface area is 335 Å². The molecule has 5 heterocycles. The third kappa shape index (κ3) is 8.38. The van der Waals surface area contributed by atoms with Crippen molar-refractivity contribution in [3.05, 3.63) is 119 Å². The molecule has 0 spiro atoms. The minimum absolute atomic E-state index is 0.0735. The van der Waals surface area contributed by atoms with Crippen molar-refractivity contribution in [2.45, 2.75) is 43.0 Å². The summed E-state index contributed by atoms with van der Waals surface area (Å²) in [6, 6.07) is 21.7. The Hall–Kier alpha value is -6.26. The number of anilines is 2. The van der Waals surface area contributed by atoms with E-state index in [4.69, 9.17) is 9.47 Å². The molecule has 3 aliphatic heterocycles. The van der Waals surface area contributed by atoms with Gasteiger partial charge < -0.3 is 29.6 Å². The minimum atomic E-state index is -4.57. The van der Waals surface area contributed by atoms with Gasteiger partial charge in [0.25, 0.3) is 21.6 Å². The molecule has 15 nitrogen and oxygen atoms in total. The van der Waals surface area contributed by atoms with Crippen LogP contribution < -0.4 is 19.7 Å². The summed E-state index contributed by atoms with van der Waals surface area (Å²) >= 11 is 0. The van der Waals surface area contributed by atoms with Crippen LogP contribution in [0.25, 0.3) is 16.6 Å². The van der Waals surface area contributed by atoms with Crippen LogP contribution in [0.15, 0.2) is 102 Å². The molecule has 2 amide bonds. The third-order valence-electron chi connectivity index (χ3n) is 11.0. The summed E-state index contributed by atoms with van der Waals surface area (Å²) in [6.07, 6.45) is 9.14. The lowest BCUT2D eigenvalue weighted by atomic mass is 9.97. The molecule has 1 atom stereocenters. The molecule has 5 aromatic rings. The van der Waals surface area contributed by atoms with Crippen LogP contribution in [0.5, 0.6) is 11.5 Å². The predicted octanol–water partition coefficient (Wildman–Crippen LogP) is 6.51. The zero-order valence-corrected chi connectivity index (χ0v) is 32.5. The number of nitro benzene ring substituents is 1. The number of pyridine rings is 1. The molecule has 3 N–H and O–H groups in total. The number of ether oxygens (including phenoxy) is 2. The number of carbonyl (C=O) groups is 2. The SMILES string of the molecule is O=C(NS(=O)(=O)c1ccc(NCC2CCOCC2)c([N+](=O)[O-])c1)c1ccc(C2=CCN(C(=O)C3CCCN3c3ccccc3)CC2)cc1Oc1cnc2[nH]ccc2c1. The van der Waals surface area contributed by atoms with Gasteiger partial charge in [-0.1, -0.05) is 30.3 Å². The zero-order valence-electron chi connectivity index (χ0n) is 31.6. The number of nitro groups is 1. The highest BCUT2D eigenvalue weighted by molar-refractivity contribution is 7.90. The molecule has 0 aliphatic carbocycles. The van der Waals surface area contributed by atoms with Gasteiger partial charge in [-0.3, -0.25) is 19.7 Å². The minimum Gasteiger partial charge on any atom is -0.455 e. The lowest BCUT2D eigenvalue weighted by Gasteiger charge is -2.33. The van der Waals surface area contributed by atoms with Gasteiger partial charge in [0.1, 0.15) is 28.9 Å². The van der Waals surface area contributed by atoms with E-state index in [0.717, 1.165) is 60.5 Å². The molecule has 0 radical (unpaired) electrons. The Bertz CT molecular complexity index is 2480. The van der Waals surface area contributed by atoms with Crippen molar-refractivity contribution in [2.24, 2.45) is 5.92 Å². The highest BCUT2D eigenvalue weighted by Crippen LogP contribution is 2.34. The van der Waals surface area contributed by atoms with E-state index < -0.39 is 31.4 Å². The average molecular weight is 806 g/mol. The van der Waals surface area contributed by atoms with E-state index in [-0.39, 0.29) is 34.9 Å². The van der Waals surface area contributed by atoms with Crippen LogP contribution in [0, 0.1) is 16.0 Å². The molecule has 2 aromatic heterocycles. The number of nitrogens with zero attached hydrogens (tertiary/aromatic N) is 4. The van der Waals surface area contributed by atoms with Crippen LogP contribution in [-0.2, 0) is 19.6 Å². The summed E-state index contributed by atoms with van der Waals surface area (Å²) in [7, 11) is -4.57. The van der Waals surface area contributed by atoms with E-state index >= 15 is 0 Å². The molecular formula is C42H43N7O8S. The average Bonchev–Trinajstić information content (AvgIpc) is 3.94. The van der Waals surface area contributed by atoms with Crippen LogP contribution in [0.1, 0.15) is 48.0 Å². The van der Waals surface area contributed by atoms with Crippen LogP contribution in [0.3, 0.4) is 0 Å². The van der Waals surface area contributed by atoms with Crippen molar-refractivity contribution in [1.29, 1.82) is 0 Å². The Morgan fingerprint density at radius 1 is 1.00 bits per heavy atom. The maximum Gasteiger partial charge on any atom is 0.293 e. The number of fused-ring (bicyclic) bond motifs is 1. The number of benzene rings is 3. The second-order valence-corrected chi connectivity index (χ2v) is 16.3. The normalized spacial score (nSPS) is 17.5. The summed E-state index contributed by atoms with van der Waals surface area (Å²) in [4.78, 5) is 50.0. The van der Waals surface area contributed by atoms with Gasteiger partial charge >= 0.3 is 0 Å². The fourth-order valence-electron chi connectivity index (χ4n) is 7.81. The number of nitrogens with one attached hydrogen (secondary N) is 3. The maximum absolute atomic E-state index is 13.8. The first-order valence-corrected chi connectivity index (χ1v) is 20.8. The van der Waals surface area contributed by atoms with Crippen LogP contribution in [0.2, 0.25) is 0 Å². The topological polar surface area (TPSA) is 189 Å².